The first kappa shape index (κ1) is 15.9. The minimum Gasteiger partial charge on any atom is -0.374 e. The minimum atomic E-state index is 0.0659. The molecule has 2 heterocycles. The van der Waals surface area contributed by atoms with Crippen LogP contribution in [-0.2, 0) is 11.2 Å². The molecule has 1 fully saturated rings. The van der Waals surface area contributed by atoms with E-state index in [1.165, 1.54) is 16.9 Å². The lowest BCUT2D eigenvalue weighted by Gasteiger charge is -2.15. The zero-order valence-electron chi connectivity index (χ0n) is 12.9. The summed E-state index contributed by atoms with van der Waals surface area (Å²) in [4.78, 5) is 14.2. The number of aromatic nitrogens is 2. The highest BCUT2D eigenvalue weighted by Crippen LogP contribution is 2.26. The molecule has 3 rings (SSSR count). The SMILES string of the molecule is Nc1nnc(CCNC(=O)CN2CCC(c3ccccc3)C2)s1. The fourth-order valence-corrected chi connectivity index (χ4v) is 3.52. The van der Waals surface area contributed by atoms with Gasteiger partial charge in [-0.05, 0) is 24.4 Å². The summed E-state index contributed by atoms with van der Waals surface area (Å²) >= 11 is 1.36. The maximum absolute atomic E-state index is 12.0. The molecule has 1 aromatic carbocycles. The molecule has 6 nitrogen and oxygen atoms in total. The van der Waals surface area contributed by atoms with Gasteiger partial charge in [0.15, 0.2) is 0 Å². The van der Waals surface area contributed by atoms with Crippen LogP contribution in [0, 0.1) is 0 Å². The largest absolute Gasteiger partial charge is 0.374 e. The molecule has 0 bridgehead atoms. The minimum absolute atomic E-state index is 0.0659. The van der Waals surface area contributed by atoms with Gasteiger partial charge in [0.05, 0.1) is 6.54 Å². The monoisotopic (exact) mass is 331 g/mol. The van der Waals surface area contributed by atoms with Crippen molar-refractivity contribution < 1.29 is 4.79 Å². The number of nitrogens with zero attached hydrogens (tertiary/aromatic N) is 3. The van der Waals surface area contributed by atoms with Crippen molar-refractivity contribution in [1.29, 1.82) is 0 Å². The fourth-order valence-electron chi connectivity index (χ4n) is 2.91. The van der Waals surface area contributed by atoms with E-state index < -0.39 is 0 Å². The molecular weight excluding hydrogens is 310 g/mol. The van der Waals surface area contributed by atoms with Crippen molar-refractivity contribution in [3.05, 3.63) is 40.9 Å². The van der Waals surface area contributed by atoms with Crippen molar-refractivity contribution in [3.8, 4) is 0 Å². The van der Waals surface area contributed by atoms with Gasteiger partial charge >= 0.3 is 0 Å². The van der Waals surface area contributed by atoms with Gasteiger partial charge in [-0.1, -0.05) is 41.7 Å². The quantitative estimate of drug-likeness (QED) is 0.833. The van der Waals surface area contributed by atoms with Gasteiger partial charge in [0.1, 0.15) is 5.01 Å². The number of carbonyl (C=O) groups is 1. The Hall–Kier alpha value is -1.99. The highest BCUT2D eigenvalue weighted by molar-refractivity contribution is 7.15. The number of likely N-dealkylation sites (tertiary alicyclic amines) is 1. The van der Waals surface area contributed by atoms with Crippen LogP contribution in [0.5, 0.6) is 0 Å². The van der Waals surface area contributed by atoms with Crippen molar-refractivity contribution in [2.75, 3.05) is 31.9 Å². The molecule has 122 valence electrons. The average molecular weight is 331 g/mol. The second-order valence-corrected chi connectivity index (χ2v) is 6.86. The molecule has 1 aliphatic heterocycles. The Morgan fingerprint density at radius 3 is 2.91 bits per heavy atom. The van der Waals surface area contributed by atoms with E-state index in [-0.39, 0.29) is 5.91 Å². The molecule has 2 aromatic rings. The first-order valence-electron chi connectivity index (χ1n) is 7.82. The summed E-state index contributed by atoms with van der Waals surface area (Å²) in [5.41, 5.74) is 6.90. The summed E-state index contributed by atoms with van der Waals surface area (Å²) in [6.07, 6.45) is 1.79. The predicted molar refractivity (Wildman–Crippen MR) is 91.3 cm³/mol. The van der Waals surface area contributed by atoms with Crippen LogP contribution in [-0.4, -0.2) is 47.2 Å². The molecule has 1 aliphatic rings. The topological polar surface area (TPSA) is 84.1 Å². The molecule has 0 aliphatic carbocycles. The number of anilines is 1. The predicted octanol–water partition coefficient (Wildman–Crippen LogP) is 1.27. The number of nitrogens with one attached hydrogen (secondary N) is 1. The Balaban J connectivity index is 1.39. The molecule has 1 unspecified atom stereocenters. The standard InChI is InChI=1S/C16H21N5OS/c17-16-20-19-15(23-16)6-8-18-14(22)11-21-9-7-13(10-21)12-4-2-1-3-5-12/h1-5,13H,6-11H2,(H2,17,20)(H,18,22). The van der Waals surface area contributed by atoms with Gasteiger partial charge in [-0.2, -0.15) is 0 Å². The van der Waals surface area contributed by atoms with E-state index in [9.17, 15) is 4.79 Å². The molecule has 0 spiro atoms. The van der Waals surface area contributed by atoms with Gasteiger partial charge in [0, 0.05) is 19.5 Å². The van der Waals surface area contributed by atoms with Crippen molar-refractivity contribution in [2.45, 2.75) is 18.8 Å². The summed E-state index contributed by atoms with van der Waals surface area (Å²) in [6, 6.07) is 10.5. The van der Waals surface area contributed by atoms with Crippen LogP contribution in [0.1, 0.15) is 22.9 Å². The molecule has 1 aromatic heterocycles. The lowest BCUT2D eigenvalue weighted by atomic mass is 9.99. The number of carbonyl (C=O) groups excluding carboxylic acids is 1. The second kappa shape index (κ2) is 7.52. The number of rotatable bonds is 6. The molecule has 0 radical (unpaired) electrons. The number of hydrogen-bond acceptors (Lipinski definition) is 6. The number of hydrogen-bond donors (Lipinski definition) is 2. The number of nitrogens with two attached hydrogens (primary N) is 1. The zero-order valence-corrected chi connectivity index (χ0v) is 13.8. The van der Waals surface area contributed by atoms with Gasteiger partial charge < -0.3 is 11.1 Å². The van der Waals surface area contributed by atoms with Crippen LogP contribution in [0.3, 0.4) is 0 Å². The van der Waals surface area contributed by atoms with Crippen molar-refractivity contribution >= 4 is 22.4 Å². The molecule has 1 atom stereocenters. The highest BCUT2D eigenvalue weighted by Gasteiger charge is 2.24. The summed E-state index contributed by atoms with van der Waals surface area (Å²) in [7, 11) is 0. The van der Waals surface area contributed by atoms with E-state index >= 15 is 0 Å². The summed E-state index contributed by atoms with van der Waals surface area (Å²) in [5, 5.41) is 12.0. The normalized spacial score (nSPS) is 18.2. The lowest BCUT2D eigenvalue weighted by molar-refractivity contribution is -0.121. The summed E-state index contributed by atoms with van der Waals surface area (Å²) in [6.45, 7) is 2.95. The summed E-state index contributed by atoms with van der Waals surface area (Å²) in [5.74, 6) is 0.601. The van der Waals surface area contributed by atoms with Crippen LogP contribution in [0.2, 0.25) is 0 Å². The third-order valence-electron chi connectivity index (χ3n) is 4.05. The highest BCUT2D eigenvalue weighted by atomic mass is 32.1. The third kappa shape index (κ3) is 4.49. The fraction of sp³-hybridized carbons (Fsp3) is 0.438. The van der Waals surface area contributed by atoms with Gasteiger partial charge in [-0.15, -0.1) is 10.2 Å². The second-order valence-electron chi connectivity index (χ2n) is 5.77. The first-order chi connectivity index (χ1) is 11.2. The molecule has 0 saturated carbocycles. The Labute approximate surface area is 139 Å². The van der Waals surface area contributed by atoms with Gasteiger partial charge in [0.2, 0.25) is 11.0 Å². The number of nitrogen functional groups attached to an aromatic ring is 1. The number of amides is 1. The van der Waals surface area contributed by atoms with Crippen molar-refractivity contribution in [2.24, 2.45) is 0 Å². The number of benzene rings is 1. The maximum atomic E-state index is 12.0. The van der Waals surface area contributed by atoms with Crippen LogP contribution in [0.4, 0.5) is 5.13 Å². The van der Waals surface area contributed by atoms with E-state index in [2.05, 4.69) is 44.7 Å². The average Bonchev–Trinajstić information content (AvgIpc) is 3.17. The van der Waals surface area contributed by atoms with Gasteiger partial charge in [0.25, 0.3) is 0 Å². The van der Waals surface area contributed by atoms with Gasteiger partial charge in [-0.25, -0.2) is 0 Å². The van der Waals surface area contributed by atoms with Crippen molar-refractivity contribution in [1.82, 2.24) is 20.4 Å². The van der Waals surface area contributed by atoms with Crippen LogP contribution < -0.4 is 11.1 Å². The molecule has 23 heavy (non-hydrogen) atoms. The van der Waals surface area contributed by atoms with E-state index in [1.807, 2.05) is 6.07 Å². The smallest absolute Gasteiger partial charge is 0.234 e. The van der Waals surface area contributed by atoms with E-state index in [0.717, 1.165) is 24.5 Å². The van der Waals surface area contributed by atoms with Crippen LogP contribution in [0.15, 0.2) is 30.3 Å². The Bertz CT molecular complexity index is 645. The lowest BCUT2D eigenvalue weighted by Crippen LogP contribution is -2.36. The molecule has 1 saturated heterocycles. The molecular formula is C16H21N5OS. The Morgan fingerprint density at radius 2 is 2.17 bits per heavy atom. The summed E-state index contributed by atoms with van der Waals surface area (Å²) < 4.78 is 0. The molecule has 1 amide bonds. The van der Waals surface area contributed by atoms with Crippen LogP contribution in [0.25, 0.3) is 0 Å². The third-order valence-corrected chi connectivity index (χ3v) is 4.87. The van der Waals surface area contributed by atoms with Crippen LogP contribution >= 0.6 is 11.3 Å². The van der Waals surface area contributed by atoms with E-state index in [0.29, 0.717) is 30.6 Å². The maximum Gasteiger partial charge on any atom is 0.234 e. The van der Waals surface area contributed by atoms with Gasteiger partial charge in [-0.3, -0.25) is 9.69 Å². The first-order valence-corrected chi connectivity index (χ1v) is 8.64. The Morgan fingerprint density at radius 1 is 1.35 bits per heavy atom. The van der Waals surface area contributed by atoms with E-state index in [1.54, 1.807) is 0 Å². The van der Waals surface area contributed by atoms with E-state index in [4.69, 9.17) is 5.73 Å². The Kier molecular flexibility index (Phi) is 5.19. The zero-order chi connectivity index (χ0) is 16.1. The molecule has 3 N–H and O–H groups in total. The molecule has 7 heteroatoms. The van der Waals surface area contributed by atoms with Crippen molar-refractivity contribution in [3.63, 3.8) is 0 Å².